The molecule has 2 saturated heterocycles. The van der Waals surface area contributed by atoms with Crippen LogP contribution in [0.1, 0.15) is 120 Å². The molecule has 0 unspecified atom stereocenters. The number of ether oxygens (including phenoxy) is 2. The van der Waals surface area contributed by atoms with Gasteiger partial charge in [-0.15, -0.1) is 0 Å². The number of piperidine rings is 2. The molecule has 6 nitrogen and oxygen atoms in total. The molecule has 4 aliphatic carbocycles. The molecule has 2 heterocycles. The fourth-order valence-corrected chi connectivity index (χ4v) is 10.3. The minimum Gasteiger partial charge on any atom is -0.494 e. The quantitative estimate of drug-likeness (QED) is 0.152. The van der Waals surface area contributed by atoms with Crippen LogP contribution in [0, 0.1) is 23.7 Å². The number of hydrogen-bond donors (Lipinski definition) is 2. The first-order valence-electron chi connectivity index (χ1n) is 21.1. The first kappa shape index (κ1) is 37.0. The molecular weight excluding hydrogens is 633 g/mol. The van der Waals surface area contributed by atoms with Gasteiger partial charge in [-0.2, -0.15) is 0 Å². The topological polar surface area (TPSA) is 65.4 Å². The summed E-state index contributed by atoms with van der Waals surface area (Å²) in [4.78, 5) is 5.02. The van der Waals surface area contributed by atoms with Crippen LogP contribution in [0.25, 0.3) is 5.57 Å². The van der Waals surface area contributed by atoms with E-state index in [2.05, 4.69) is 58.3 Å². The van der Waals surface area contributed by atoms with Gasteiger partial charge in [-0.1, -0.05) is 55.5 Å². The van der Waals surface area contributed by atoms with E-state index in [1.165, 1.54) is 100 Å². The van der Waals surface area contributed by atoms with Gasteiger partial charge in [-0.3, -0.25) is 0 Å². The first-order valence-corrected chi connectivity index (χ1v) is 21.1. The van der Waals surface area contributed by atoms with Crippen molar-refractivity contribution < 1.29 is 19.7 Å². The molecule has 2 aromatic rings. The Morgan fingerprint density at radius 2 is 0.902 bits per heavy atom. The van der Waals surface area contributed by atoms with Crippen LogP contribution in [0.2, 0.25) is 0 Å². The van der Waals surface area contributed by atoms with E-state index < -0.39 is 0 Å². The smallest absolute Gasteiger partial charge is 0.119 e. The number of aliphatic hydroxyl groups excluding tert-OH is 2. The summed E-state index contributed by atoms with van der Waals surface area (Å²) in [6.07, 6.45) is 20.2. The van der Waals surface area contributed by atoms with Crippen LogP contribution in [-0.4, -0.2) is 84.7 Å². The molecule has 6 heteroatoms. The summed E-state index contributed by atoms with van der Waals surface area (Å²) in [5.41, 5.74) is 5.90. The number of nitrogens with zero attached hydrogens (tertiary/aromatic N) is 2. The highest BCUT2D eigenvalue weighted by atomic mass is 16.5. The van der Waals surface area contributed by atoms with Crippen molar-refractivity contribution in [1.82, 2.24) is 9.80 Å². The molecule has 2 aromatic carbocycles. The highest BCUT2D eigenvalue weighted by Crippen LogP contribution is 2.58. The van der Waals surface area contributed by atoms with Gasteiger partial charge in [0.05, 0.1) is 25.4 Å². The maximum atomic E-state index is 9.72. The lowest BCUT2D eigenvalue weighted by Gasteiger charge is -2.52. The van der Waals surface area contributed by atoms with Gasteiger partial charge in [0, 0.05) is 26.2 Å². The van der Waals surface area contributed by atoms with Crippen molar-refractivity contribution in [3.05, 3.63) is 65.2 Å². The molecule has 0 amide bonds. The van der Waals surface area contributed by atoms with E-state index in [0.29, 0.717) is 0 Å². The van der Waals surface area contributed by atoms with Crippen molar-refractivity contribution in [3.8, 4) is 11.5 Å². The van der Waals surface area contributed by atoms with Crippen LogP contribution >= 0.6 is 0 Å². The van der Waals surface area contributed by atoms with E-state index in [9.17, 15) is 10.2 Å². The van der Waals surface area contributed by atoms with E-state index in [4.69, 9.17) is 9.47 Å². The molecule has 2 N–H and O–H groups in total. The van der Waals surface area contributed by atoms with Gasteiger partial charge in [0.25, 0.3) is 0 Å². The summed E-state index contributed by atoms with van der Waals surface area (Å²) in [7, 11) is 0. The standard InChI is InChI=1S/C45H66N2O4/c48-40-17-23-46(24-18-40)21-5-1-3-7-27-50-42-13-9-36(10-14-42)44(45-38-30-34-29-35(32-38)33-39(45)31-34)37-11-15-43(16-12-37)51-28-8-4-2-6-22-47-25-19-41(49)20-26-47/h9-16,34-35,38-41,48-49H,1-8,17-33H2. The number of hydrogen-bond acceptors (Lipinski definition) is 6. The number of aliphatic hydroxyl groups is 2. The van der Waals surface area contributed by atoms with Crippen molar-refractivity contribution in [3.63, 3.8) is 0 Å². The van der Waals surface area contributed by atoms with Crippen LogP contribution in [0.15, 0.2) is 54.1 Å². The summed E-state index contributed by atoms with van der Waals surface area (Å²) in [5.74, 6) is 5.34. The van der Waals surface area contributed by atoms with E-state index >= 15 is 0 Å². The van der Waals surface area contributed by atoms with Gasteiger partial charge in [0.15, 0.2) is 0 Å². The van der Waals surface area contributed by atoms with E-state index in [1.807, 2.05) is 0 Å². The summed E-state index contributed by atoms with van der Waals surface area (Å²) in [6, 6.07) is 18.1. The Kier molecular flexibility index (Phi) is 13.5. The second kappa shape index (κ2) is 18.6. The third kappa shape index (κ3) is 10.4. The Labute approximate surface area is 308 Å². The second-order valence-electron chi connectivity index (χ2n) is 16.9. The van der Waals surface area contributed by atoms with Crippen molar-refractivity contribution in [2.24, 2.45) is 23.7 Å². The third-order valence-corrected chi connectivity index (χ3v) is 13.0. The monoisotopic (exact) mass is 699 g/mol. The molecule has 6 fully saturated rings. The number of likely N-dealkylation sites (tertiary alicyclic amines) is 2. The number of benzene rings is 2. The maximum absolute atomic E-state index is 9.72. The Balaban J connectivity index is 0.896. The number of unbranched alkanes of at least 4 members (excludes halogenated alkanes) is 6. The SMILES string of the molecule is OC1CCN(CCCCCCOc2ccc(C(=C3C4CC5CC(C4)CC3C5)c3ccc(OCCCCCCN4CCC(O)CC4)cc3)cc2)CC1. The van der Waals surface area contributed by atoms with Gasteiger partial charge in [-0.25, -0.2) is 0 Å². The van der Waals surface area contributed by atoms with Crippen molar-refractivity contribution in [1.29, 1.82) is 0 Å². The molecule has 0 spiro atoms. The first-order chi connectivity index (χ1) is 25.1. The molecule has 0 radical (unpaired) electrons. The largest absolute Gasteiger partial charge is 0.494 e. The lowest BCUT2D eigenvalue weighted by molar-refractivity contribution is 0.0705. The zero-order valence-corrected chi connectivity index (χ0v) is 31.4. The van der Waals surface area contributed by atoms with Crippen molar-refractivity contribution in [2.45, 2.75) is 121 Å². The predicted octanol–water partition coefficient (Wildman–Crippen LogP) is 8.74. The van der Waals surface area contributed by atoms with E-state index in [1.54, 1.807) is 5.57 Å². The Morgan fingerprint density at radius 1 is 0.510 bits per heavy atom. The summed E-state index contributed by atoms with van der Waals surface area (Å²) in [5, 5.41) is 19.4. The molecule has 8 rings (SSSR count). The fourth-order valence-electron chi connectivity index (χ4n) is 10.3. The average Bonchev–Trinajstić information content (AvgIpc) is 3.14. The highest BCUT2D eigenvalue weighted by Gasteiger charge is 2.46. The molecule has 0 atom stereocenters. The number of rotatable bonds is 18. The zero-order valence-electron chi connectivity index (χ0n) is 31.4. The van der Waals surface area contributed by atoms with Crippen LogP contribution in [0.5, 0.6) is 11.5 Å². The molecule has 6 aliphatic rings. The molecule has 51 heavy (non-hydrogen) atoms. The summed E-state index contributed by atoms with van der Waals surface area (Å²) in [6.45, 7) is 8.09. The van der Waals surface area contributed by atoms with Gasteiger partial charge in [0.2, 0.25) is 0 Å². The Bertz CT molecular complexity index is 1250. The molecule has 2 aliphatic heterocycles. The normalized spacial score (nSPS) is 25.8. The summed E-state index contributed by atoms with van der Waals surface area (Å²) < 4.78 is 12.5. The minimum absolute atomic E-state index is 0.0800. The third-order valence-electron chi connectivity index (χ3n) is 13.0. The van der Waals surface area contributed by atoms with Crippen LogP contribution in [0.3, 0.4) is 0 Å². The predicted molar refractivity (Wildman–Crippen MR) is 207 cm³/mol. The van der Waals surface area contributed by atoms with Crippen molar-refractivity contribution >= 4 is 5.57 Å². The molecule has 280 valence electrons. The fraction of sp³-hybridized carbons (Fsp3) is 0.689. The van der Waals surface area contributed by atoms with E-state index in [0.717, 1.165) is 113 Å². The van der Waals surface area contributed by atoms with Crippen LogP contribution in [0.4, 0.5) is 0 Å². The van der Waals surface area contributed by atoms with Gasteiger partial charge < -0.3 is 29.5 Å². The lowest BCUT2D eigenvalue weighted by Crippen LogP contribution is -2.40. The summed E-state index contributed by atoms with van der Waals surface area (Å²) >= 11 is 0. The molecule has 4 bridgehead atoms. The van der Waals surface area contributed by atoms with Crippen LogP contribution < -0.4 is 9.47 Å². The molecule has 0 aromatic heterocycles. The number of allylic oxidation sites excluding steroid dienone is 1. The Hall–Kier alpha value is -2.38. The average molecular weight is 699 g/mol. The molecule has 4 saturated carbocycles. The maximum Gasteiger partial charge on any atom is 0.119 e. The van der Waals surface area contributed by atoms with E-state index in [-0.39, 0.29) is 12.2 Å². The van der Waals surface area contributed by atoms with Gasteiger partial charge in [0.1, 0.15) is 11.5 Å². The van der Waals surface area contributed by atoms with Crippen molar-refractivity contribution in [2.75, 3.05) is 52.5 Å². The Morgan fingerprint density at radius 3 is 1.31 bits per heavy atom. The van der Waals surface area contributed by atoms with Gasteiger partial charge in [-0.05, 0) is 161 Å². The molecular formula is C45H66N2O4. The van der Waals surface area contributed by atoms with Gasteiger partial charge >= 0.3 is 0 Å². The minimum atomic E-state index is -0.0800. The lowest BCUT2D eigenvalue weighted by atomic mass is 9.53. The highest BCUT2D eigenvalue weighted by molar-refractivity contribution is 5.83. The second-order valence-corrected chi connectivity index (χ2v) is 16.9. The zero-order chi connectivity index (χ0) is 34.8. The van der Waals surface area contributed by atoms with Crippen LogP contribution in [-0.2, 0) is 0 Å².